The minimum Gasteiger partial charge on any atom is -0.497 e. The average molecular weight is 371 g/mol. The van der Waals surface area contributed by atoms with Crippen molar-refractivity contribution in [3.05, 3.63) is 65.4 Å². The molecule has 0 fully saturated rings. The van der Waals surface area contributed by atoms with Crippen LogP contribution in [0.1, 0.15) is 5.56 Å². The van der Waals surface area contributed by atoms with Gasteiger partial charge in [0.2, 0.25) is 0 Å². The summed E-state index contributed by atoms with van der Waals surface area (Å²) >= 11 is 6.15. The van der Waals surface area contributed by atoms with Crippen molar-refractivity contribution < 1.29 is 9.47 Å². The zero-order valence-electron chi connectivity index (χ0n) is 14.5. The maximum Gasteiger partial charge on any atom is 0.137 e. The fraction of sp³-hybridized carbons (Fsp3) is 0.158. The average Bonchev–Trinajstić information content (AvgIpc) is 2.67. The van der Waals surface area contributed by atoms with Gasteiger partial charge in [-0.25, -0.2) is 9.97 Å². The van der Waals surface area contributed by atoms with Crippen LogP contribution >= 0.6 is 11.6 Å². The zero-order valence-corrected chi connectivity index (χ0v) is 15.2. The van der Waals surface area contributed by atoms with Crippen molar-refractivity contribution in [2.75, 3.05) is 24.9 Å². The molecule has 0 spiro atoms. The number of methoxy groups -OCH3 is 2. The first kappa shape index (κ1) is 17.8. The highest BCUT2D eigenvalue weighted by Crippen LogP contribution is 2.28. The molecule has 0 aliphatic rings. The second-order valence-electron chi connectivity index (χ2n) is 5.46. The SMILES string of the molecule is COc1ccc(CNc2cc(Nc3ccc(OC)c(Cl)c3)ncn2)cc1. The monoisotopic (exact) mass is 370 g/mol. The minimum absolute atomic E-state index is 0.532. The maximum atomic E-state index is 6.15. The van der Waals surface area contributed by atoms with Gasteiger partial charge in [0.1, 0.15) is 29.5 Å². The van der Waals surface area contributed by atoms with Crippen LogP contribution in [-0.2, 0) is 6.54 Å². The predicted molar refractivity (Wildman–Crippen MR) is 104 cm³/mol. The Balaban J connectivity index is 1.64. The standard InChI is InChI=1S/C19H19ClN4O2/c1-25-15-6-3-13(4-7-15)11-21-18-10-19(23-12-22-18)24-14-5-8-17(26-2)16(20)9-14/h3-10,12H,11H2,1-2H3,(H2,21,22,23,24). The van der Waals surface area contributed by atoms with Crippen molar-refractivity contribution in [3.63, 3.8) is 0 Å². The molecule has 1 aromatic heterocycles. The van der Waals surface area contributed by atoms with Crippen LogP contribution in [0, 0.1) is 0 Å². The van der Waals surface area contributed by atoms with Crippen LogP contribution in [0.25, 0.3) is 0 Å². The van der Waals surface area contributed by atoms with E-state index in [0.717, 1.165) is 22.8 Å². The Morgan fingerprint density at radius 3 is 2.38 bits per heavy atom. The first-order chi connectivity index (χ1) is 12.7. The van der Waals surface area contributed by atoms with Crippen LogP contribution in [0.3, 0.4) is 0 Å². The molecule has 0 aliphatic heterocycles. The lowest BCUT2D eigenvalue weighted by Crippen LogP contribution is -2.03. The molecule has 0 atom stereocenters. The lowest BCUT2D eigenvalue weighted by molar-refractivity contribution is 0.414. The number of rotatable bonds is 7. The lowest BCUT2D eigenvalue weighted by atomic mass is 10.2. The summed E-state index contributed by atoms with van der Waals surface area (Å²) in [5.41, 5.74) is 1.94. The van der Waals surface area contributed by atoms with Gasteiger partial charge in [0, 0.05) is 18.3 Å². The molecule has 0 radical (unpaired) electrons. The summed E-state index contributed by atoms with van der Waals surface area (Å²) in [6.45, 7) is 0.648. The first-order valence-electron chi connectivity index (χ1n) is 7.97. The lowest BCUT2D eigenvalue weighted by Gasteiger charge is -2.10. The van der Waals surface area contributed by atoms with E-state index in [0.29, 0.717) is 23.1 Å². The molecule has 0 unspecified atom stereocenters. The van der Waals surface area contributed by atoms with Crippen molar-refractivity contribution in [1.82, 2.24) is 9.97 Å². The second-order valence-corrected chi connectivity index (χ2v) is 5.87. The highest BCUT2D eigenvalue weighted by molar-refractivity contribution is 6.32. The Morgan fingerprint density at radius 2 is 1.69 bits per heavy atom. The minimum atomic E-state index is 0.532. The number of hydrogen-bond acceptors (Lipinski definition) is 6. The summed E-state index contributed by atoms with van der Waals surface area (Å²) in [5, 5.41) is 7.01. The van der Waals surface area contributed by atoms with E-state index in [1.54, 1.807) is 26.4 Å². The Hall–Kier alpha value is -2.99. The van der Waals surface area contributed by atoms with E-state index >= 15 is 0 Å². The van der Waals surface area contributed by atoms with Gasteiger partial charge in [-0.15, -0.1) is 0 Å². The molecule has 134 valence electrons. The van der Waals surface area contributed by atoms with Crippen LogP contribution in [0.2, 0.25) is 5.02 Å². The molecular formula is C19H19ClN4O2. The van der Waals surface area contributed by atoms with Gasteiger partial charge in [0.15, 0.2) is 0 Å². The quantitative estimate of drug-likeness (QED) is 0.638. The van der Waals surface area contributed by atoms with E-state index in [1.165, 1.54) is 6.33 Å². The number of anilines is 3. The highest BCUT2D eigenvalue weighted by Gasteiger charge is 2.04. The number of nitrogens with one attached hydrogen (secondary N) is 2. The van der Waals surface area contributed by atoms with Crippen LogP contribution in [0.5, 0.6) is 11.5 Å². The van der Waals surface area contributed by atoms with Crippen molar-refractivity contribution >= 4 is 28.9 Å². The van der Waals surface area contributed by atoms with Gasteiger partial charge in [-0.1, -0.05) is 23.7 Å². The second kappa shape index (κ2) is 8.40. The van der Waals surface area contributed by atoms with Crippen molar-refractivity contribution in [2.24, 2.45) is 0 Å². The van der Waals surface area contributed by atoms with E-state index in [2.05, 4.69) is 20.6 Å². The van der Waals surface area contributed by atoms with Crippen molar-refractivity contribution in [3.8, 4) is 11.5 Å². The fourth-order valence-electron chi connectivity index (χ4n) is 2.35. The van der Waals surface area contributed by atoms with Crippen molar-refractivity contribution in [2.45, 2.75) is 6.54 Å². The molecule has 1 heterocycles. The number of halogens is 1. The molecule has 0 amide bonds. The van der Waals surface area contributed by atoms with Crippen LogP contribution in [0.4, 0.5) is 17.3 Å². The molecule has 0 aliphatic carbocycles. The number of ether oxygens (including phenoxy) is 2. The normalized spacial score (nSPS) is 10.3. The summed E-state index contributed by atoms with van der Waals surface area (Å²) in [7, 11) is 3.23. The highest BCUT2D eigenvalue weighted by atomic mass is 35.5. The number of nitrogens with zero attached hydrogens (tertiary/aromatic N) is 2. The van der Waals surface area contributed by atoms with Gasteiger partial charge in [0.25, 0.3) is 0 Å². The fourth-order valence-corrected chi connectivity index (χ4v) is 2.61. The molecule has 3 aromatic rings. The Morgan fingerprint density at radius 1 is 0.923 bits per heavy atom. The first-order valence-corrected chi connectivity index (χ1v) is 8.35. The molecule has 3 rings (SSSR count). The van der Waals surface area contributed by atoms with Crippen LogP contribution in [-0.4, -0.2) is 24.2 Å². The van der Waals surface area contributed by atoms with E-state index in [1.807, 2.05) is 36.4 Å². The summed E-state index contributed by atoms with van der Waals surface area (Å²) < 4.78 is 10.3. The van der Waals surface area contributed by atoms with Gasteiger partial charge in [-0.3, -0.25) is 0 Å². The molecule has 7 heteroatoms. The third-order valence-electron chi connectivity index (χ3n) is 3.72. The number of aromatic nitrogens is 2. The third-order valence-corrected chi connectivity index (χ3v) is 4.02. The summed E-state index contributed by atoms with van der Waals surface area (Å²) in [4.78, 5) is 8.47. The summed E-state index contributed by atoms with van der Waals surface area (Å²) in [5.74, 6) is 2.85. The van der Waals surface area contributed by atoms with E-state index in [4.69, 9.17) is 21.1 Å². The Bertz CT molecular complexity index is 872. The van der Waals surface area contributed by atoms with E-state index in [-0.39, 0.29) is 0 Å². The van der Waals surface area contributed by atoms with Gasteiger partial charge in [0.05, 0.1) is 19.2 Å². The molecule has 0 saturated heterocycles. The van der Waals surface area contributed by atoms with E-state index < -0.39 is 0 Å². The summed E-state index contributed by atoms with van der Waals surface area (Å²) in [6, 6.07) is 15.2. The summed E-state index contributed by atoms with van der Waals surface area (Å²) in [6.07, 6.45) is 1.50. The molecule has 6 nitrogen and oxygen atoms in total. The van der Waals surface area contributed by atoms with Gasteiger partial charge in [-0.2, -0.15) is 0 Å². The van der Waals surface area contributed by atoms with Crippen LogP contribution < -0.4 is 20.1 Å². The van der Waals surface area contributed by atoms with Gasteiger partial charge in [-0.05, 0) is 35.9 Å². The molecule has 0 bridgehead atoms. The van der Waals surface area contributed by atoms with Gasteiger partial charge < -0.3 is 20.1 Å². The number of benzene rings is 2. The predicted octanol–water partition coefficient (Wildman–Crippen LogP) is 4.50. The largest absolute Gasteiger partial charge is 0.497 e. The Labute approximate surface area is 157 Å². The zero-order chi connectivity index (χ0) is 18.4. The van der Waals surface area contributed by atoms with Crippen LogP contribution in [0.15, 0.2) is 54.9 Å². The molecule has 2 N–H and O–H groups in total. The molecule has 2 aromatic carbocycles. The van der Waals surface area contributed by atoms with E-state index in [9.17, 15) is 0 Å². The molecular weight excluding hydrogens is 352 g/mol. The maximum absolute atomic E-state index is 6.15. The van der Waals surface area contributed by atoms with Crippen molar-refractivity contribution in [1.29, 1.82) is 0 Å². The third kappa shape index (κ3) is 4.55. The smallest absolute Gasteiger partial charge is 0.137 e. The van der Waals surface area contributed by atoms with Gasteiger partial charge >= 0.3 is 0 Å². The molecule has 26 heavy (non-hydrogen) atoms. The Kier molecular flexibility index (Phi) is 5.76. The molecule has 0 saturated carbocycles. The number of hydrogen-bond donors (Lipinski definition) is 2. The topological polar surface area (TPSA) is 68.3 Å².